The van der Waals surface area contributed by atoms with Gasteiger partial charge in [-0.25, -0.2) is 0 Å². The summed E-state index contributed by atoms with van der Waals surface area (Å²) in [4.78, 5) is 0. The molecule has 2 nitrogen and oxygen atoms in total. The average molecular weight is 226 g/mol. The number of aryl methyl sites for hydroxylation is 2. The van der Waals surface area contributed by atoms with Crippen molar-refractivity contribution in [2.45, 2.75) is 38.1 Å². The minimum atomic E-state index is -0.413. The summed E-state index contributed by atoms with van der Waals surface area (Å²) in [5.74, 6) is 0.814. The Kier molecular flexibility index (Phi) is 2.45. The van der Waals surface area contributed by atoms with Crippen LogP contribution in [0, 0.1) is 24.2 Å². The van der Waals surface area contributed by atoms with E-state index in [1.807, 2.05) is 0 Å². The molecule has 0 radical (unpaired) electrons. The maximum Gasteiger partial charge on any atom is 0.132 e. The van der Waals surface area contributed by atoms with Gasteiger partial charge in [-0.05, 0) is 56.2 Å². The molecule has 0 aromatic heterocycles. The zero-order valence-corrected chi connectivity index (χ0v) is 10.3. The van der Waals surface area contributed by atoms with Crippen LogP contribution in [0.4, 0.5) is 0 Å². The summed E-state index contributed by atoms with van der Waals surface area (Å²) in [6, 6.07) is 9.05. The monoisotopic (exact) mass is 226 g/mol. The molecule has 2 heteroatoms. The first kappa shape index (κ1) is 10.8. The highest BCUT2D eigenvalue weighted by Gasteiger charge is 2.39. The molecular weight excluding hydrogens is 208 g/mol. The zero-order chi connectivity index (χ0) is 11.9. The highest BCUT2D eigenvalue weighted by Crippen LogP contribution is 2.38. The lowest BCUT2D eigenvalue weighted by Gasteiger charge is -2.24. The predicted molar refractivity (Wildman–Crippen MR) is 67.5 cm³/mol. The Hall–Kier alpha value is -1.33. The van der Waals surface area contributed by atoms with E-state index in [9.17, 15) is 5.26 Å². The molecular formula is C15H18N2. The largest absolute Gasteiger partial charge is 0.295 e. The van der Waals surface area contributed by atoms with Crippen LogP contribution in [0.25, 0.3) is 0 Å². The number of benzene rings is 1. The molecule has 1 aromatic rings. The van der Waals surface area contributed by atoms with Crippen molar-refractivity contribution in [3.8, 4) is 6.07 Å². The highest BCUT2D eigenvalue weighted by atomic mass is 15.0. The second kappa shape index (κ2) is 3.85. The summed E-state index contributed by atoms with van der Waals surface area (Å²) in [5.41, 5.74) is 3.41. The lowest BCUT2D eigenvalue weighted by Crippen LogP contribution is -2.40. The molecule has 0 amide bonds. The molecule has 0 heterocycles. The van der Waals surface area contributed by atoms with E-state index in [2.05, 4.69) is 36.5 Å². The number of hydrogen-bond donors (Lipinski definition) is 1. The summed E-state index contributed by atoms with van der Waals surface area (Å²) in [5, 5.41) is 13.1. The van der Waals surface area contributed by atoms with E-state index in [0.29, 0.717) is 0 Å². The van der Waals surface area contributed by atoms with Crippen molar-refractivity contribution in [1.29, 1.82) is 5.26 Å². The molecule has 17 heavy (non-hydrogen) atoms. The molecule has 1 fully saturated rings. The smallest absolute Gasteiger partial charge is 0.132 e. The molecule has 88 valence electrons. The number of hydrogen-bond acceptors (Lipinski definition) is 2. The average Bonchev–Trinajstić information content (AvgIpc) is 3.10. The first-order valence-corrected chi connectivity index (χ1v) is 6.50. The van der Waals surface area contributed by atoms with Gasteiger partial charge in [0.2, 0.25) is 0 Å². The van der Waals surface area contributed by atoms with E-state index in [1.165, 1.54) is 29.5 Å². The van der Waals surface area contributed by atoms with E-state index >= 15 is 0 Å². The van der Waals surface area contributed by atoms with Crippen LogP contribution in [-0.4, -0.2) is 6.54 Å². The second-order valence-electron chi connectivity index (χ2n) is 5.50. The van der Waals surface area contributed by atoms with Gasteiger partial charge in [0, 0.05) is 0 Å². The Balaban J connectivity index is 1.91. The summed E-state index contributed by atoms with van der Waals surface area (Å²) in [7, 11) is 0. The number of rotatable bonds is 3. The van der Waals surface area contributed by atoms with Crippen molar-refractivity contribution >= 4 is 0 Å². The van der Waals surface area contributed by atoms with Gasteiger partial charge in [-0.3, -0.25) is 5.32 Å². The van der Waals surface area contributed by atoms with E-state index in [0.717, 1.165) is 25.3 Å². The molecule has 1 saturated carbocycles. The molecule has 1 aromatic carbocycles. The molecule has 2 aliphatic carbocycles. The van der Waals surface area contributed by atoms with Gasteiger partial charge in [0.05, 0.1) is 6.07 Å². The summed E-state index contributed by atoms with van der Waals surface area (Å²) in [6.07, 6.45) is 4.61. The van der Waals surface area contributed by atoms with Gasteiger partial charge in [-0.1, -0.05) is 23.8 Å². The van der Waals surface area contributed by atoms with E-state index in [-0.39, 0.29) is 0 Å². The Bertz CT molecular complexity index is 482. The van der Waals surface area contributed by atoms with E-state index in [4.69, 9.17) is 0 Å². The van der Waals surface area contributed by atoms with Crippen LogP contribution in [0.2, 0.25) is 0 Å². The molecule has 1 atom stereocenters. The first-order valence-electron chi connectivity index (χ1n) is 6.50. The molecule has 0 bridgehead atoms. The van der Waals surface area contributed by atoms with Crippen LogP contribution in [-0.2, 0) is 12.0 Å². The van der Waals surface area contributed by atoms with Gasteiger partial charge >= 0.3 is 0 Å². The standard InChI is InChI=1S/C15H18N2/c1-11-2-5-13-6-7-15(10-16,14(13)8-11)17-9-12-3-4-12/h2,5,8,12,17H,3-4,6-7,9H2,1H3. The van der Waals surface area contributed by atoms with Crippen molar-refractivity contribution in [2.24, 2.45) is 5.92 Å². The third kappa shape index (κ3) is 1.85. The molecule has 1 N–H and O–H groups in total. The third-order valence-electron chi connectivity index (χ3n) is 4.07. The summed E-state index contributed by atoms with van der Waals surface area (Å²) >= 11 is 0. The number of fused-ring (bicyclic) bond motifs is 1. The van der Waals surface area contributed by atoms with Gasteiger partial charge in [0.15, 0.2) is 0 Å². The topological polar surface area (TPSA) is 35.8 Å². The third-order valence-corrected chi connectivity index (χ3v) is 4.07. The molecule has 0 spiro atoms. The zero-order valence-electron chi connectivity index (χ0n) is 10.3. The normalized spacial score (nSPS) is 26.6. The molecule has 1 unspecified atom stereocenters. The minimum absolute atomic E-state index is 0.413. The van der Waals surface area contributed by atoms with Crippen LogP contribution < -0.4 is 5.32 Å². The lowest BCUT2D eigenvalue weighted by atomic mass is 9.92. The van der Waals surface area contributed by atoms with Gasteiger partial charge < -0.3 is 0 Å². The maximum absolute atomic E-state index is 9.57. The SMILES string of the molecule is Cc1ccc2c(c1)C(C#N)(NCC1CC1)CC2. The van der Waals surface area contributed by atoms with Crippen molar-refractivity contribution in [3.05, 3.63) is 34.9 Å². The van der Waals surface area contributed by atoms with Crippen molar-refractivity contribution in [3.63, 3.8) is 0 Å². The number of nitrogens with zero attached hydrogens (tertiary/aromatic N) is 1. The second-order valence-corrected chi connectivity index (χ2v) is 5.50. The first-order chi connectivity index (χ1) is 8.23. The molecule has 0 aliphatic heterocycles. The quantitative estimate of drug-likeness (QED) is 0.860. The van der Waals surface area contributed by atoms with Crippen LogP contribution in [0.5, 0.6) is 0 Å². The molecule has 3 rings (SSSR count). The van der Waals surface area contributed by atoms with Gasteiger partial charge in [-0.15, -0.1) is 0 Å². The maximum atomic E-state index is 9.57. The van der Waals surface area contributed by atoms with Gasteiger partial charge in [-0.2, -0.15) is 5.26 Å². The van der Waals surface area contributed by atoms with Crippen LogP contribution in [0.15, 0.2) is 18.2 Å². The predicted octanol–water partition coefficient (Wildman–Crippen LogP) is 2.66. The fraction of sp³-hybridized carbons (Fsp3) is 0.533. The minimum Gasteiger partial charge on any atom is -0.295 e. The lowest BCUT2D eigenvalue weighted by molar-refractivity contribution is 0.415. The van der Waals surface area contributed by atoms with E-state index < -0.39 is 5.54 Å². The van der Waals surface area contributed by atoms with Gasteiger partial charge in [0.1, 0.15) is 5.54 Å². The Morgan fingerprint density at radius 2 is 2.29 bits per heavy atom. The van der Waals surface area contributed by atoms with Gasteiger partial charge in [0.25, 0.3) is 0 Å². The van der Waals surface area contributed by atoms with Crippen molar-refractivity contribution in [2.75, 3.05) is 6.54 Å². The molecule has 0 saturated heterocycles. The highest BCUT2D eigenvalue weighted by molar-refractivity contribution is 5.45. The summed E-state index contributed by atoms with van der Waals surface area (Å²) in [6.45, 7) is 3.10. The summed E-state index contributed by atoms with van der Waals surface area (Å²) < 4.78 is 0. The van der Waals surface area contributed by atoms with Crippen LogP contribution in [0.1, 0.15) is 36.0 Å². The Morgan fingerprint density at radius 1 is 1.47 bits per heavy atom. The van der Waals surface area contributed by atoms with Crippen LogP contribution >= 0.6 is 0 Å². The fourth-order valence-corrected chi connectivity index (χ4v) is 2.74. The molecule has 2 aliphatic rings. The van der Waals surface area contributed by atoms with E-state index in [1.54, 1.807) is 0 Å². The number of nitrogens with one attached hydrogen (secondary N) is 1. The van der Waals surface area contributed by atoms with Crippen molar-refractivity contribution in [1.82, 2.24) is 5.32 Å². The van der Waals surface area contributed by atoms with Crippen LogP contribution in [0.3, 0.4) is 0 Å². The fourth-order valence-electron chi connectivity index (χ4n) is 2.74. The number of nitriles is 1. The van der Waals surface area contributed by atoms with Crippen molar-refractivity contribution < 1.29 is 0 Å². The Morgan fingerprint density at radius 3 is 3.00 bits per heavy atom. The Labute approximate surface area is 103 Å².